The van der Waals surface area contributed by atoms with Gasteiger partial charge in [0.15, 0.2) is 0 Å². The summed E-state index contributed by atoms with van der Waals surface area (Å²) in [5.41, 5.74) is 0. The molecule has 0 saturated heterocycles. The number of carbonyl (C=O) groups excluding carboxylic acids is 2. The van der Waals surface area contributed by atoms with E-state index in [0.717, 1.165) is 6.42 Å². The predicted molar refractivity (Wildman–Crippen MR) is 59.2 cm³/mol. The molecule has 0 aliphatic heterocycles. The van der Waals surface area contributed by atoms with Crippen LogP contribution in [0.2, 0.25) is 0 Å². The highest BCUT2D eigenvalue weighted by molar-refractivity contribution is 5.67. The Morgan fingerprint density at radius 3 is 2.19 bits per heavy atom. The van der Waals surface area contributed by atoms with Gasteiger partial charge in [-0.05, 0) is 18.6 Å². The maximum absolute atomic E-state index is 10.9. The number of ether oxygens (including phenoxy) is 2. The Kier molecular flexibility index (Phi) is 8.76. The second kappa shape index (κ2) is 9.82. The third-order valence-electron chi connectivity index (χ3n) is 1.51. The topological polar surface area (TPSA) is 76.7 Å². The normalized spacial score (nSPS) is 9.88. The van der Waals surface area contributed by atoms with Crippen LogP contribution in [0.3, 0.4) is 0 Å². The third kappa shape index (κ3) is 8.86. The first kappa shape index (κ1) is 14.3. The fraction of sp³-hybridized carbons (Fsp3) is 0.600. The summed E-state index contributed by atoms with van der Waals surface area (Å²) in [6, 6.07) is 0. The number of rotatable bonds is 6. The van der Waals surface area contributed by atoms with Crippen LogP contribution in [0.1, 0.15) is 13.3 Å². The van der Waals surface area contributed by atoms with E-state index in [9.17, 15) is 9.59 Å². The third-order valence-corrected chi connectivity index (χ3v) is 1.51. The minimum atomic E-state index is -0.494. The lowest BCUT2D eigenvalue weighted by Gasteiger charge is -2.03. The zero-order valence-corrected chi connectivity index (χ0v) is 9.62. The standard InChI is InChI=1S/C10H18N2O4/c1-3-6-12-10(14)16-8-5-4-7-15-9(13)11-2/h4-5H,3,6-8H2,1-2H3,(H,11,13)(H,12,14)/b5-4+. The molecule has 92 valence electrons. The van der Waals surface area contributed by atoms with E-state index in [1.165, 1.54) is 7.05 Å². The summed E-state index contributed by atoms with van der Waals surface area (Å²) < 4.78 is 9.45. The lowest BCUT2D eigenvalue weighted by molar-refractivity contribution is 0.155. The van der Waals surface area contributed by atoms with Crippen molar-refractivity contribution in [1.82, 2.24) is 10.6 Å². The summed E-state index contributed by atoms with van der Waals surface area (Å²) in [5, 5.41) is 4.87. The summed E-state index contributed by atoms with van der Waals surface area (Å²) in [7, 11) is 1.48. The van der Waals surface area contributed by atoms with Crippen LogP contribution in [0.4, 0.5) is 9.59 Å². The van der Waals surface area contributed by atoms with Gasteiger partial charge in [0, 0.05) is 13.6 Å². The van der Waals surface area contributed by atoms with E-state index < -0.39 is 12.2 Å². The maximum atomic E-state index is 10.9. The Labute approximate surface area is 95.0 Å². The summed E-state index contributed by atoms with van der Waals surface area (Å²) >= 11 is 0. The minimum Gasteiger partial charge on any atom is -0.445 e. The molecule has 2 amide bonds. The summed E-state index contributed by atoms with van der Waals surface area (Å²) in [6.45, 7) is 2.87. The molecule has 6 heteroatoms. The van der Waals surface area contributed by atoms with Crippen molar-refractivity contribution < 1.29 is 19.1 Å². The Balaban J connectivity index is 3.40. The summed E-state index contributed by atoms with van der Waals surface area (Å²) in [6.07, 6.45) is 3.13. The molecule has 0 unspecified atom stereocenters. The van der Waals surface area contributed by atoms with Crippen LogP contribution in [0, 0.1) is 0 Å². The highest BCUT2D eigenvalue weighted by Gasteiger charge is 1.97. The molecular formula is C10H18N2O4. The first-order chi connectivity index (χ1) is 7.70. The van der Waals surface area contributed by atoms with Gasteiger partial charge in [0.2, 0.25) is 0 Å². The van der Waals surface area contributed by atoms with Crippen molar-refractivity contribution in [3.63, 3.8) is 0 Å². The maximum Gasteiger partial charge on any atom is 0.407 e. The number of amides is 2. The zero-order valence-electron chi connectivity index (χ0n) is 9.62. The van der Waals surface area contributed by atoms with E-state index in [0.29, 0.717) is 6.54 Å². The molecule has 0 aliphatic rings. The van der Waals surface area contributed by atoms with Gasteiger partial charge in [-0.1, -0.05) is 6.92 Å². The molecule has 0 atom stereocenters. The Hall–Kier alpha value is -1.72. The number of alkyl carbamates (subject to hydrolysis) is 2. The van der Waals surface area contributed by atoms with E-state index in [4.69, 9.17) is 4.74 Å². The highest BCUT2D eigenvalue weighted by Crippen LogP contribution is 1.83. The van der Waals surface area contributed by atoms with Gasteiger partial charge in [-0.15, -0.1) is 0 Å². The largest absolute Gasteiger partial charge is 0.445 e. The van der Waals surface area contributed by atoms with Crippen molar-refractivity contribution in [2.75, 3.05) is 26.8 Å². The van der Waals surface area contributed by atoms with Gasteiger partial charge in [-0.25, -0.2) is 9.59 Å². The van der Waals surface area contributed by atoms with Gasteiger partial charge in [0.1, 0.15) is 13.2 Å². The van der Waals surface area contributed by atoms with Gasteiger partial charge < -0.3 is 20.1 Å². The highest BCUT2D eigenvalue weighted by atomic mass is 16.6. The smallest absolute Gasteiger partial charge is 0.407 e. The Bertz CT molecular complexity index is 241. The first-order valence-corrected chi connectivity index (χ1v) is 5.10. The lowest BCUT2D eigenvalue weighted by Crippen LogP contribution is -2.24. The number of carbonyl (C=O) groups is 2. The van der Waals surface area contributed by atoms with Crippen LogP contribution in [0.5, 0.6) is 0 Å². The average molecular weight is 230 g/mol. The molecular weight excluding hydrogens is 212 g/mol. The molecule has 0 aromatic carbocycles. The molecule has 0 fully saturated rings. The molecule has 0 rings (SSSR count). The van der Waals surface area contributed by atoms with Gasteiger partial charge in [0.25, 0.3) is 0 Å². The van der Waals surface area contributed by atoms with Gasteiger partial charge in [-0.2, -0.15) is 0 Å². The van der Waals surface area contributed by atoms with Crippen molar-refractivity contribution in [2.45, 2.75) is 13.3 Å². The predicted octanol–water partition coefficient (Wildman–Crippen LogP) is 1.03. The second-order valence-corrected chi connectivity index (χ2v) is 2.85. The van der Waals surface area contributed by atoms with Crippen LogP contribution in [0.25, 0.3) is 0 Å². The molecule has 0 aromatic heterocycles. The molecule has 6 nitrogen and oxygen atoms in total. The van der Waals surface area contributed by atoms with Crippen molar-refractivity contribution in [2.24, 2.45) is 0 Å². The van der Waals surface area contributed by atoms with Crippen LogP contribution < -0.4 is 10.6 Å². The molecule has 0 radical (unpaired) electrons. The van der Waals surface area contributed by atoms with Gasteiger partial charge in [0.05, 0.1) is 0 Å². The SMILES string of the molecule is CCCNC(=O)OC/C=C/COC(=O)NC. The average Bonchev–Trinajstić information content (AvgIpc) is 2.30. The molecule has 0 aliphatic carbocycles. The quantitative estimate of drug-likeness (QED) is 0.668. The lowest BCUT2D eigenvalue weighted by atomic mass is 10.5. The minimum absolute atomic E-state index is 0.152. The molecule has 0 saturated carbocycles. The molecule has 0 heterocycles. The monoisotopic (exact) mass is 230 g/mol. The van der Waals surface area contributed by atoms with E-state index in [-0.39, 0.29) is 13.2 Å². The number of hydrogen-bond acceptors (Lipinski definition) is 4. The van der Waals surface area contributed by atoms with E-state index in [1.807, 2.05) is 6.92 Å². The Morgan fingerprint density at radius 1 is 1.12 bits per heavy atom. The number of nitrogens with one attached hydrogen (secondary N) is 2. The molecule has 16 heavy (non-hydrogen) atoms. The van der Waals surface area contributed by atoms with E-state index in [1.54, 1.807) is 12.2 Å². The summed E-state index contributed by atoms with van der Waals surface area (Å²) in [5.74, 6) is 0. The van der Waals surface area contributed by atoms with E-state index in [2.05, 4.69) is 15.4 Å². The summed E-state index contributed by atoms with van der Waals surface area (Å²) in [4.78, 5) is 21.5. The van der Waals surface area contributed by atoms with Crippen molar-refractivity contribution >= 4 is 12.2 Å². The second-order valence-electron chi connectivity index (χ2n) is 2.85. The zero-order chi connectivity index (χ0) is 12.2. The van der Waals surface area contributed by atoms with E-state index >= 15 is 0 Å². The van der Waals surface area contributed by atoms with Crippen molar-refractivity contribution in [3.05, 3.63) is 12.2 Å². The van der Waals surface area contributed by atoms with Gasteiger partial charge >= 0.3 is 12.2 Å². The van der Waals surface area contributed by atoms with Gasteiger partial charge in [-0.3, -0.25) is 0 Å². The van der Waals surface area contributed by atoms with Crippen LogP contribution >= 0.6 is 0 Å². The molecule has 0 bridgehead atoms. The molecule has 2 N–H and O–H groups in total. The van der Waals surface area contributed by atoms with Crippen LogP contribution in [-0.4, -0.2) is 39.0 Å². The van der Waals surface area contributed by atoms with Crippen molar-refractivity contribution in [1.29, 1.82) is 0 Å². The fourth-order valence-corrected chi connectivity index (χ4v) is 0.734. The first-order valence-electron chi connectivity index (χ1n) is 5.10. The fourth-order valence-electron chi connectivity index (χ4n) is 0.734. The van der Waals surface area contributed by atoms with Crippen LogP contribution in [-0.2, 0) is 9.47 Å². The number of hydrogen-bond donors (Lipinski definition) is 2. The van der Waals surface area contributed by atoms with Crippen molar-refractivity contribution in [3.8, 4) is 0 Å². The molecule has 0 spiro atoms. The van der Waals surface area contributed by atoms with Crippen LogP contribution in [0.15, 0.2) is 12.2 Å². The molecule has 0 aromatic rings. The Morgan fingerprint density at radius 2 is 1.69 bits per heavy atom.